The molecule has 0 N–H and O–H groups in total. The summed E-state index contributed by atoms with van der Waals surface area (Å²) in [5, 5.41) is 0. The number of hydrogen-bond donors (Lipinski definition) is 0. The van der Waals surface area contributed by atoms with Crippen LogP contribution in [0, 0.1) is 6.92 Å². The van der Waals surface area contributed by atoms with Crippen molar-refractivity contribution in [2.45, 2.75) is 45.3 Å². The maximum atomic E-state index is 13.1. The third-order valence-corrected chi connectivity index (χ3v) is 3.50. The molecule has 0 aromatic heterocycles. The smallest absolute Gasteiger partial charge is 0.306 e. The van der Waals surface area contributed by atoms with Crippen molar-refractivity contribution < 1.29 is 18.0 Å². The van der Waals surface area contributed by atoms with Crippen LogP contribution in [0.2, 0.25) is 0 Å². The van der Waals surface area contributed by atoms with Gasteiger partial charge in [0.25, 0.3) is 0 Å². The number of benzene rings is 1. The zero-order valence-electron chi connectivity index (χ0n) is 11.1. The van der Waals surface area contributed by atoms with Crippen LogP contribution < -0.4 is 4.90 Å². The van der Waals surface area contributed by atoms with E-state index in [1.165, 1.54) is 11.0 Å². The van der Waals surface area contributed by atoms with E-state index in [0.29, 0.717) is 12.0 Å². The second-order valence-electron chi connectivity index (χ2n) is 5.56. The van der Waals surface area contributed by atoms with E-state index in [1.807, 2.05) is 0 Å². The van der Waals surface area contributed by atoms with Crippen molar-refractivity contribution in [2.24, 2.45) is 0 Å². The van der Waals surface area contributed by atoms with Crippen molar-refractivity contribution in [1.82, 2.24) is 0 Å². The summed E-state index contributed by atoms with van der Waals surface area (Å²) in [5.41, 5.74) is -0.825. The van der Waals surface area contributed by atoms with Gasteiger partial charge >= 0.3 is 6.18 Å². The van der Waals surface area contributed by atoms with Crippen LogP contribution >= 0.6 is 0 Å². The first-order valence-electron chi connectivity index (χ1n) is 6.14. The van der Waals surface area contributed by atoms with E-state index in [2.05, 4.69) is 0 Å². The molecule has 0 aliphatic carbocycles. The van der Waals surface area contributed by atoms with Gasteiger partial charge in [0.1, 0.15) is 0 Å². The predicted molar refractivity (Wildman–Crippen MR) is 67.0 cm³/mol. The molecule has 0 spiro atoms. The van der Waals surface area contributed by atoms with E-state index < -0.39 is 17.3 Å². The number of hydrogen-bond acceptors (Lipinski definition) is 1. The van der Waals surface area contributed by atoms with Crippen LogP contribution in [-0.4, -0.2) is 11.4 Å². The lowest BCUT2D eigenvalue weighted by Crippen LogP contribution is -2.42. The SMILES string of the molecule is Cc1ccc(N2C(=O)CCC2(C)C)c(C(F)(F)F)c1. The fourth-order valence-electron chi connectivity index (χ4n) is 2.51. The van der Waals surface area contributed by atoms with Gasteiger partial charge in [-0.15, -0.1) is 0 Å². The van der Waals surface area contributed by atoms with Crippen molar-refractivity contribution in [3.8, 4) is 0 Å². The van der Waals surface area contributed by atoms with Gasteiger partial charge in [-0.05, 0) is 39.3 Å². The molecule has 0 bridgehead atoms. The lowest BCUT2D eigenvalue weighted by atomic mass is 9.99. The largest absolute Gasteiger partial charge is 0.418 e. The Bertz CT molecular complexity index is 520. The quantitative estimate of drug-likeness (QED) is 0.758. The minimum Gasteiger partial charge on any atom is -0.306 e. The van der Waals surface area contributed by atoms with Crippen molar-refractivity contribution in [1.29, 1.82) is 0 Å². The first-order chi connectivity index (χ1) is 8.63. The average Bonchev–Trinajstić information content (AvgIpc) is 2.53. The predicted octanol–water partition coefficient (Wildman–Crippen LogP) is 3.92. The second-order valence-corrected chi connectivity index (χ2v) is 5.56. The van der Waals surface area contributed by atoms with Gasteiger partial charge in [-0.3, -0.25) is 4.79 Å². The summed E-state index contributed by atoms with van der Waals surface area (Å²) in [4.78, 5) is 13.2. The third kappa shape index (κ3) is 2.46. The fraction of sp³-hybridized carbons (Fsp3) is 0.500. The third-order valence-electron chi connectivity index (χ3n) is 3.50. The summed E-state index contributed by atoms with van der Waals surface area (Å²) in [6, 6.07) is 4.09. The Morgan fingerprint density at radius 3 is 2.37 bits per heavy atom. The minimum absolute atomic E-state index is 0.0365. The summed E-state index contributed by atoms with van der Waals surface area (Å²) < 4.78 is 39.4. The highest BCUT2D eigenvalue weighted by Crippen LogP contribution is 2.42. The Hall–Kier alpha value is -1.52. The first-order valence-corrected chi connectivity index (χ1v) is 6.14. The minimum atomic E-state index is -4.46. The van der Waals surface area contributed by atoms with Gasteiger partial charge in [0.2, 0.25) is 5.91 Å². The second kappa shape index (κ2) is 4.25. The van der Waals surface area contributed by atoms with E-state index in [-0.39, 0.29) is 18.0 Å². The van der Waals surface area contributed by atoms with E-state index in [4.69, 9.17) is 0 Å². The van der Waals surface area contributed by atoms with Crippen molar-refractivity contribution >= 4 is 11.6 Å². The molecule has 19 heavy (non-hydrogen) atoms. The molecule has 1 aliphatic rings. The normalized spacial score (nSPS) is 19.1. The first kappa shape index (κ1) is 13.9. The highest BCUT2D eigenvalue weighted by atomic mass is 19.4. The number of halogens is 3. The van der Waals surface area contributed by atoms with Gasteiger partial charge in [0, 0.05) is 12.0 Å². The molecule has 0 saturated carbocycles. The van der Waals surface area contributed by atoms with E-state index in [9.17, 15) is 18.0 Å². The number of alkyl halides is 3. The molecule has 0 unspecified atom stereocenters. The lowest BCUT2D eigenvalue weighted by Gasteiger charge is -2.33. The number of carbonyl (C=O) groups is 1. The molecule has 0 atom stereocenters. The number of rotatable bonds is 1. The molecule has 2 rings (SSSR count). The molecule has 0 radical (unpaired) electrons. The average molecular weight is 271 g/mol. The molecule has 1 saturated heterocycles. The van der Waals surface area contributed by atoms with Gasteiger partial charge in [-0.2, -0.15) is 13.2 Å². The molecule has 1 aliphatic heterocycles. The van der Waals surface area contributed by atoms with Gasteiger partial charge in [0.15, 0.2) is 0 Å². The van der Waals surface area contributed by atoms with Crippen LogP contribution in [0.15, 0.2) is 18.2 Å². The molecule has 1 aromatic carbocycles. The molecule has 5 heteroatoms. The zero-order chi connectivity index (χ0) is 14.4. The summed E-state index contributed by atoms with van der Waals surface area (Å²) in [6.45, 7) is 5.19. The maximum Gasteiger partial charge on any atom is 0.418 e. The van der Waals surface area contributed by atoms with Crippen LogP contribution in [-0.2, 0) is 11.0 Å². The number of anilines is 1. The Balaban J connectivity index is 2.60. The van der Waals surface area contributed by atoms with Crippen molar-refractivity contribution in [3.63, 3.8) is 0 Å². The summed E-state index contributed by atoms with van der Waals surface area (Å²) in [7, 11) is 0. The molecule has 1 heterocycles. The molecule has 104 valence electrons. The van der Waals surface area contributed by atoms with E-state index in [0.717, 1.165) is 6.07 Å². The Kier molecular flexibility index (Phi) is 3.11. The maximum absolute atomic E-state index is 13.1. The zero-order valence-corrected chi connectivity index (χ0v) is 11.1. The van der Waals surface area contributed by atoms with Crippen LogP contribution in [0.3, 0.4) is 0 Å². The molecular formula is C14H16F3NO. The van der Waals surface area contributed by atoms with Crippen LogP contribution in [0.4, 0.5) is 18.9 Å². The van der Waals surface area contributed by atoms with Gasteiger partial charge in [-0.25, -0.2) is 0 Å². The van der Waals surface area contributed by atoms with E-state index in [1.54, 1.807) is 26.8 Å². The van der Waals surface area contributed by atoms with Crippen LogP contribution in [0.5, 0.6) is 0 Å². The topological polar surface area (TPSA) is 20.3 Å². The number of amides is 1. The summed E-state index contributed by atoms with van der Waals surface area (Å²) >= 11 is 0. The van der Waals surface area contributed by atoms with Crippen molar-refractivity contribution in [3.05, 3.63) is 29.3 Å². The molecule has 1 aromatic rings. The summed E-state index contributed by atoms with van der Waals surface area (Å²) in [5.74, 6) is -0.251. The number of aryl methyl sites for hydroxylation is 1. The lowest BCUT2D eigenvalue weighted by molar-refractivity contribution is -0.137. The molecule has 1 fully saturated rings. The fourth-order valence-corrected chi connectivity index (χ4v) is 2.51. The number of nitrogens with zero attached hydrogens (tertiary/aromatic N) is 1. The van der Waals surface area contributed by atoms with Gasteiger partial charge in [-0.1, -0.05) is 11.6 Å². The summed E-state index contributed by atoms with van der Waals surface area (Å²) in [6.07, 6.45) is -3.60. The van der Waals surface area contributed by atoms with Crippen LogP contribution in [0.25, 0.3) is 0 Å². The molecule has 1 amide bonds. The highest BCUT2D eigenvalue weighted by molar-refractivity contribution is 5.98. The molecule has 2 nitrogen and oxygen atoms in total. The van der Waals surface area contributed by atoms with Crippen LogP contribution in [0.1, 0.15) is 37.8 Å². The molecular weight excluding hydrogens is 255 g/mol. The monoisotopic (exact) mass is 271 g/mol. The highest BCUT2D eigenvalue weighted by Gasteiger charge is 2.43. The Labute approximate surface area is 110 Å². The van der Waals surface area contributed by atoms with Gasteiger partial charge < -0.3 is 4.90 Å². The Morgan fingerprint density at radius 1 is 1.26 bits per heavy atom. The van der Waals surface area contributed by atoms with Crippen molar-refractivity contribution in [2.75, 3.05) is 4.90 Å². The number of carbonyl (C=O) groups excluding carboxylic acids is 1. The van der Waals surface area contributed by atoms with Gasteiger partial charge in [0.05, 0.1) is 11.3 Å². The standard InChI is InChI=1S/C14H16F3NO/c1-9-4-5-11(10(8-9)14(15,16)17)18-12(19)6-7-13(18,2)3/h4-5,8H,6-7H2,1-3H3. The Morgan fingerprint density at radius 2 is 1.89 bits per heavy atom. The van der Waals surface area contributed by atoms with E-state index >= 15 is 0 Å².